The van der Waals surface area contributed by atoms with Crippen LogP contribution < -0.4 is 10.2 Å². The Labute approximate surface area is 115 Å². The molecule has 3 rings (SSSR count). The normalized spacial score (nSPS) is 18.1. The minimum Gasteiger partial charge on any atom is -0.507 e. The quantitative estimate of drug-likeness (QED) is 0.831. The predicted molar refractivity (Wildman–Crippen MR) is 73.3 cm³/mol. The molecule has 2 heterocycles. The highest BCUT2D eigenvalue weighted by atomic mass is 16.5. The monoisotopic (exact) mass is 276 g/mol. The van der Waals surface area contributed by atoms with Gasteiger partial charge in [-0.2, -0.15) is 0 Å². The molecule has 0 saturated carbocycles. The van der Waals surface area contributed by atoms with Gasteiger partial charge in [0.05, 0.1) is 5.60 Å². The Kier molecular flexibility index (Phi) is 2.59. The third kappa shape index (κ3) is 1.86. The van der Waals surface area contributed by atoms with Gasteiger partial charge in [-0.15, -0.1) is 0 Å². The van der Waals surface area contributed by atoms with Crippen molar-refractivity contribution in [2.24, 2.45) is 0 Å². The van der Waals surface area contributed by atoms with E-state index in [-0.39, 0.29) is 16.6 Å². The van der Waals surface area contributed by atoms with Crippen LogP contribution in [0.25, 0.3) is 11.0 Å². The number of fused-ring (bicyclic) bond motifs is 2. The first-order valence-electron chi connectivity index (χ1n) is 6.45. The highest BCUT2D eigenvalue weighted by molar-refractivity contribution is 5.87. The third-order valence-electron chi connectivity index (χ3n) is 3.63. The molecule has 5 heteroatoms. The zero-order valence-electron chi connectivity index (χ0n) is 11.6. The van der Waals surface area contributed by atoms with Gasteiger partial charge in [0.15, 0.2) is 5.43 Å². The third-order valence-corrected chi connectivity index (χ3v) is 3.63. The molecule has 1 aliphatic heterocycles. The van der Waals surface area contributed by atoms with Crippen LogP contribution in [0.5, 0.6) is 11.5 Å². The van der Waals surface area contributed by atoms with Crippen LogP contribution in [0, 0.1) is 6.92 Å². The van der Waals surface area contributed by atoms with Crippen LogP contribution >= 0.6 is 0 Å². The maximum absolute atomic E-state index is 12.0. The lowest BCUT2D eigenvalue weighted by Crippen LogP contribution is -2.39. The van der Waals surface area contributed by atoms with E-state index in [1.807, 2.05) is 0 Å². The molecule has 106 valence electrons. The number of phenols is 1. The lowest BCUT2D eigenvalue weighted by atomic mass is 9.96. The molecular formula is C15H16O5. The van der Waals surface area contributed by atoms with Crippen molar-refractivity contribution in [1.82, 2.24) is 0 Å². The maximum Gasteiger partial charge on any atom is 0.196 e. The van der Waals surface area contributed by atoms with E-state index in [0.29, 0.717) is 29.1 Å². The van der Waals surface area contributed by atoms with Crippen molar-refractivity contribution < 1.29 is 19.4 Å². The molecule has 5 nitrogen and oxygen atoms in total. The lowest BCUT2D eigenvalue weighted by molar-refractivity contribution is -0.0229. The Morgan fingerprint density at radius 2 is 2.05 bits per heavy atom. The van der Waals surface area contributed by atoms with Crippen molar-refractivity contribution in [2.45, 2.75) is 38.9 Å². The van der Waals surface area contributed by atoms with Gasteiger partial charge >= 0.3 is 0 Å². The summed E-state index contributed by atoms with van der Waals surface area (Å²) >= 11 is 0. The second-order valence-electron chi connectivity index (χ2n) is 5.76. The molecule has 0 bridgehead atoms. The van der Waals surface area contributed by atoms with Crippen molar-refractivity contribution in [3.63, 3.8) is 0 Å². The van der Waals surface area contributed by atoms with Gasteiger partial charge in [0.2, 0.25) is 0 Å². The fraction of sp³-hybridized carbons (Fsp3) is 0.400. The Morgan fingerprint density at radius 1 is 1.35 bits per heavy atom. The molecule has 0 fully saturated rings. The largest absolute Gasteiger partial charge is 0.507 e. The summed E-state index contributed by atoms with van der Waals surface area (Å²) in [6, 6.07) is 2.95. The van der Waals surface area contributed by atoms with Gasteiger partial charge < -0.3 is 19.4 Å². The van der Waals surface area contributed by atoms with E-state index >= 15 is 0 Å². The molecule has 1 aromatic heterocycles. The maximum atomic E-state index is 12.0. The second kappa shape index (κ2) is 3.99. The zero-order valence-corrected chi connectivity index (χ0v) is 11.6. The first-order chi connectivity index (χ1) is 9.27. The Morgan fingerprint density at radius 3 is 2.70 bits per heavy atom. The van der Waals surface area contributed by atoms with Gasteiger partial charge in [0.25, 0.3) is 0 Å². The van der Waals surface area contributed by atoms with E-state index < -0.39 is 11.7 Å². The average Bonchev–Trinajstić information content (AvgIpc) is 2.71. The summed E-state index contributed by atoms with van der Waals surface area (Å²) in [6.07, 6.45) is -0.107. The summed E-state index contributed by atoms with van der Waals surface area (Å²) < 4.78 is 11.1. The average molecular weight is 276 g/mol. The van der Waals surface area contributed by atoms with Crippen molar-refractivity contribution in [3.8, 4) is 11.5 Å². The van der Waals surface area contributed by atoms with Crippen LogP contribution in [0.3, 0.4) is 0 Å². The summed E-state index contributed by atoms with van der Waals surface area (Å²) in [6.45, 7) is 4.97. The zero-order chi connectivity index (χ0) is 14.7. The molecule has 1 unspecified atom stereocenters. The summed E-state index contributed by atoms with van der Waals surface area (Å²) in [4.78, 5) is 12.0. The predicted octanol–water partition coefficient (Wildman–Crippen LogP) is 1.88. The number of aliphatic hydroxyl groups is 1. The van der Waals surface area contributed by atoms with E-state index in [0.717, 1.165) is 0 Å². The minimum atomic E-state index is -1.04. The van der Waals surface area contributed by atoms with Crippen molar-refractivity contribution in [1.29, 1.82) is 0 Å². The van der Waals surface area contributed by atoms with Crippen molar-refractivity contribution in [3.05, 3.63) is 33.7 Å². The lowest BCUT2D eigenvalue weighted by Gasteiger charge is -2.24. The molecule has 0 aliphatic carbocycles. The van der Waals surface area contributed by atoms with E-state index in [4.69, 9.17) is 9.15 Å². The molecule has 0 saturated heterocycles. The van der Waals surface area contributed by atoms with Gasteiger partial charge in [-0.1, -0.05) is 0 Å². The SMILES string of the molecule is Cc1cc(=O)c2c(O)c3c(cc2o1)OC(C(C)(C)O)C3. The highest BCUT2D eigenvalue weighted by Crippen LogP contribution is 2.42. The number of hydrogen-bond acceptors (Lipinski definition) is 5. The number of aromatic hydroxyl groups is 1. The van der Waals surface area contributed by atoms with Gasteiger partial charge in [0.1, 0.15) is 34.3 Å². The molecular weight excluding hydrogens is 260 g/mol. The van der Waals surface area contributed by atoms with Crippen LogP contribution in [0.4, 0.5) is 0 Å². The van der Waals surface area contributed by atoms with Crippen LogP contribution in [-0.2, 0) is 6.42 Å². The number of benzene rings is 1. The van der Waals surface area contributed by atoms with Gasteiger partial charge in [-0.25, -0.2) is 0 Å². The fourth-order valence-corrected chi connectivity index (χ4v) is 2.52. The first-order valence-corrected chi connectivity index (χ1v) is 6.45. The van der Waals surface area contributed by atoms with Gasteiger partial charge in [0, 0.05) is 24.1 Å². The van der Waals surface area contributed by atoms with Crippen LogP contribution in [-0.4, -0.2) is 21.9 Å². The van der Waals surface area contributed by atoms with Crippen LogP contribution in [0.2, 0.25) is 0 Å². The number of ether oxygens (including phenoxy) is 1. The number of hydrogen-bond donors (Lipinski definition) is 2. The number of rotatable bonds is 1. The molecule has 0 radical (unpaired) electrons. The van der Waals surface area contributed by atoms with E-state index in [1.165, 1.54) is 6.07 Å². The molecule has 0 amide bonds. The van der Waals surface area contributed by atoms with E-state index in [1.54, 1.807) is 26.8 Å². The smallest absolute Gasteiger partial charge is 0.196 e. The van der Waals surface area contributed by atoms with E-state index in [2.05, 4.69) is 0 Å². The summed E-state index contributed by atoms with van der Waals surface area (Å²) in [5.74, 6) is 0.813. The highest BCUT2D eigenvalue weighted by Gasteiger charge is 2.37. The van der Waals surface area contributed by atoms with Crippen LogP contribution in [0.1, 0.15) is 25.2 Å². The Bertz CT molecular complexity index is 751. The van der Waals surface area contributed by atoms with Crippen molar-refractivity contribution in [2.75, 3.05) is 0 Å². The van der Waals surface area contributed by atoms with Gasteiger partial charge in [-0.05, 0) is 20.8 Å². The van der Waals surface area contributed by atoms with Crippen LogP contribution in [0.15, 0.2) is 21.3 Å². The molecule has 0 spiro atoms. The Hall–Kier alpha value is -2.01. The summed E-state index contributed by atoms with van der Waals surface area (Å²) in [7, 11) is 0. The molecule has 1 aliphatic rings. The Balaban J connectivity index is 2.23. The fourth-order valence-electron chi connectivity index (χ4n) is 2.52. The number of aryl methyl sites for hydroxylation is 1. The molecule has 2 N–H and O–H groups in total. The molecule has 1 atom stereocenters. The van der Waals surface area contributed by atoms with Gasteiger partial charge in [-0.3, -0.25) is 4.79 Å². The van der Waals surface area contributed by atoms with Crippen molar-refractivity contribution >= 4 is 11.0 Å². The molecule has 20 heavy (non-hydrogen) atoms. The molecule has 2 aromatic rings. The second-order valence-corrected chi connectivity index (χ2v) is 5.76. The van der Waals surface area contributed by atoms with E-state index in [9.17, 15) is 15.0 Å². The summed E-state index contributed by atoms with van der Waals surface area (Å²) in [5.41, 5.74) is -0.482. The molecule has 1 aromatic carbocycles. The standard InChI is InChI=1S/C15H16O5/c1-7-4-9(16)13-11(19-7)6-10-8(14(13)17)5-12(20-10)15(2,3)18/h4,6,12,17-18H,5H2,1-3H3. The topological polar surface area (TPSA) is 79.9 Å². The number of phenolic OH excluding ortho intramolecular Hbond substituents is 1. The summed E-state index contributed by atoms with van der Waals surface area (Å²) in [5, 5.41) is 20.5. The minimum absolute atomic E-state index is 0.113. The first kappa shape index (κ1) is 13.0.